The van der Waals surface area contributed by atoms with E-state index in [-0.39, 0.29) is 5.41 Å². The van der Waals surface area contributed by atoms with Crippen LogP contribution in [0.4, 0.5) is 0 Å². The molecule has 0 heterocycles. The predicted octanol–water partition coefficient (Wildman–Crippen LogP) is 4.63. The minimum atomic E-state index is -1.36. The van der Waals surface area contributed by atoms with Gasteiger partial charge < -0.3 is 0 Å². The van der Waals surface area contributed by atoms with E-state index in [1.807, 2.05) is 0 Å². The van der Waals surface area contributed by atoms with Crippen molar-refractivity contribution in [3.05, 3.63) is 35.9 Å². The number of carbonyl (C=O) groups is 1. The smallest absolute Gasteiger partial charge is 0.133 e. The molecule has 0 aromatic heterocycles. The summed E-state index contributed by atoms with van der Waals surface area (Å²) >= 11 is 0. The third kappa shape index (κ3) is 5.17. The summed E-state index contributed by atoms with van der Waals surface area (Å²) in [4.78, 5) is 11.6. The zero-order chi connectivity index (χ0) is 15.3. The van der Waals surface area contributed by atoms with Crippen LogP contribution in [0.3, 0.4) is 0 Å². The summed E-state index contributed by atoms with van der Waals surface area (Å²) in [5.74, 6) is 4.04. The zero-order valence-electron chi connectivity index (χ0n) is 13.5. The van der Waals surface area contributed by atoms with Crippen molar-refractivity contribution >= 4 is 13.9 Å². The minimum Gasteiger partial charge on any atom is -0.300 e. The molecule has 0 radical (unpaired) electrons. The fourth-order valence-electron chi connectivity index (χ4n) is 2.79. The van der Waals surface area contributed by atoms with Crippen LogP contribution in [0.5, 0.6) is 0 Å². The Balaban J connectivity index is 2.12. The molecule has 0 saturated heterocycles. The number of hydrogen-bond donors (Lipinski definition) is 0. The van der Waals surface area contributed by atoms with Crippen LogP contribution in [0.2, 0.25) is 19.6 Å². The molecule has 1 saturated carbocycles. The van der Waals surface area contributed by atoms with Gasteiger partial charge >= 0.3 is 0 Å². The molecule has 0 bridgehead atoms. The molecule has 1 aliphatic rings. The molecule has 1 aromatic carbocycles. The second kappa shape index (κ2) is 6.62. The van der Waals surface area contributed by atoms with Crippen LogP contribution in [0, 0.1) is 16.9 Å². The van der Waals surface area contributed by atoms with Crippen LogP contribution in [-0.2, 0) is 11.2 Å². The van der Waals surface area contributed by atoms with Crippen LogP contribution in [-0.4, -0.2) is 13.9 Å². The molecule has 112 valence electrons. The van der Waals surface area contributed by atoms with Gasteiger partial charge in [-0.15, -0.1) is 11.5 Å². The molecule has 1 aromatic rings. The molecule has 0 aliphatic heterocycles. The minimum absolute atomic E-state index is 0.0734. The molecule has 1 fully saturated rings. The van der Waals surface area contributed by atoms with E-state index in [2.05, 4.69) is 61.4 Å². The Morgan fingerprint density at radius 1 is 1.10 bits per heavy atom. The summed E-state index contributed by atoms with van der Waals surface area (Å²) in [6.45, 7) is 6.87. The van der Waals surface area contributed by atoms with Gasteiger partial charge in [-0.2, -0.15) is 0 Å². The second-order valence-electron chi connectivity index (χ2n) is 7.30. The van der Waals surface area contributed by atoms with Crippen LogP contribution >= 0.6 is 0 Å². The quantitative estimate of drug-likeness (QED) is 0.587. The van der Waals surface area contributed by atoms with E-state index in [0.717, 1.165) is 38.5 Å². The summed E-state index contributed by atoms with van der Waals surface area (Å²) in [5.41, 5.74) is 5.01. The molecular formula is C19H26OSi. The Bertz CT molecular complexity index is 532. The highest BCUT2D eigenvalue weighted by atomic mass is 28.3. The third-order valence-electron chi connectivity index (χ3n) is 4.20. The molecular weight excluding hydrogens is 272 g/mol. The highest BCUT2D eigenvalue weighted by Gasteiger charge is 2.33. The Morgan fingerprint density at radius 3 is 2.29 bits per heavy atom. The van der Waals surface area contributed by atoms with Crippen LogP contribution < -0.4 is 0 Å². The van der Waals surface area contributed by atoms with Crippen molar-refractivity contribution in [3.63, 3.8) is 0 Å². The number of Topliss-reactive ketones (excluding diaryl/α,β-unsaturated/α-hetero) is 1. The van der Waals surface area contributed by atoms with Crippen molar-refractivity contribution < 1.29 is 4.79 Å². The molecule has 0 N–H and O–H groups in total. The van der Waals surface area contributed by atoms with E-state index in [1.54, 1.807) is 0 Å². The molecule has 0 amide bonds. The predicted molar refractivity (Wildman–Crippen MR) is 91.8 cm³/mol. The fourth-order valence-corrected chi connectivity index (χ4v) is 3.43. The van der Waals surface area contributed by atoms with Crippen LogP contribution in [0.25, 0.3) is 0 Å². The number of benzene rings is 1. The lowest BCUT2D eigenvalue weighted by Gasteiger charge is -2.32. The third-order valence-corrected chi connectivity index (χ3v) is 5.08. The topological polar surface area (TPSA) is 17.1 Å². The van der Waals surface area contributed by atoms with Gasteiger partial charge in [-0.3, -0.25) is 4.79 Å². The van der Waals surface area contributed by atoms with E-state index in [4.69, 9.17) is 0 Å². The molecule has 2 heteroatoms. The maximum Gasteiger partial charge on any atom is 0.133 e. The highest BCUT2D eigenvalue weighted by Crippen LogP contribution is 2.38. The summed E-state index contributed by atoms with van der Waals surface area (Å²) in [5, 5.41) is 0. The molecule has 2 rings (SSSR count). The number of rotatable bonds is 3. The van der Waals surface area contributed by atoms with Gasteiger partial charge in [0.25, 0.3) is 0 Å². The van der Waals surface area contributed by atoms with Gasteiger partial charge in [0.05, 0.1) is 0 Å². The van der Waals surface area contributed by atoms with Gasteiger partial charge in [-0.05, 0) is 31.2 Å². The van der Waals surface area contributed by atoms with Gasteiger partial charge in [0.1, 0.15) is 13.9 Å². The van der Waals surface area contributed by atoms with Crippen LogP contribution in [0.15, 0.2) is 30.3 Å². The summed E-state index contributed by atoms with van der Waals surface area (Å²) < 4.78 is 0. The Morgan fingerprint density at radius 2 is 1.71 bits per heavy atom. The first kappa shape index (κ1) is 16.0. The average molecular weight is 299 g/mol. The Hall–Kier alpha value is -1.33. The highest BCUT2D eigenvalue weighted by molar-refractivity contribution is 6.83. The van der Waals surface area contributed by atoms with E-state index < -0.39 is 8.07 Å². The van der Waals surface area contributed by atoms with E-state index in [9.17, 15) is 4.79 Å². The maximum atomic E-state index is 11.6. The van der Waals surface area contributed by atoms with Crippen molar-refractivity contribution in [2.45, 2.75) is 58.2 Å². The van der Waals surface area contributed by atoms with Crippen molar-refractivity contribution in [1.29, 1.82) is 0 Å². The summed E-state index contributed by atoms with van der Waals surface area (Å²) in [6.07, 6.45) is 5.49. The molecule has 1 aliphatic carbocycles. The zero-order valence-corrected chi connectivity index (χ0v) is 14.5. The molecule has 0 unspecified atom stereocenters. The number of ketones is 1. The van der Waals surface area contributed by atoms with E-state index in [0.29, 0.717) is 5.78 Å². The van der Waals surface area contributed by atoms with Crippen molar-refractivity contribution in [3.8, 4) is 11.5 Å². The van der Waals surface area contributed by atoms with Crippen molar-refractivity contribution in [2.75, 3.05) is 0 Å². The van der Waals surface area contributed by atoms with Gasteiger partial charge in [0, 0.05) is 18.3 Å². The SMILES string of the molecule is C[Si](C)(C)C#CC1(CCc2ccccc2)CCC(=O)CC1. The Labute approximate surface area is 130 Å². The van der Waals surface area contributed by atoms with Gasteiger partial charge in [0.2, 0.25) is 0 Å². The van der Waals surface area contributed by atoms with Crippen LogP contribution in [0.1, 0.15) is 37.7 Å². The Kier molecular flexibility index (Phi) is 5.06. The van der Waals surface area contributed by atoms with Gasteiger partial charge in [0.15, 0.2) is 0 Å². The lowest BCUT2D eigenvalue weighted by atomic mass is 9.71. The first-order valence-corrected chi connectivity index (χ1v) is 11.5. The normalized spacial score (nSPS) is 18.0. The fraction of sp³-hybridized carbons (Fsp3) is 0.526. The maximum absolute atomic E-state index is 11.6. The van der Waals surface area contributed by atoms with Gasteiger partial charge in [-0.1, -0.05) is 50.0 Å². The average Bonchev–Trinajstić information content (AvgIpc) is 2.46. The molecule has 1 nitrogen and oxygen atoms in total. The molecule has 0 spiro atoms. The monoisotopic (exact) mass is 298 g/mol. The number of carbonyl (C=O) groups excluding carboxylic acids is 1. The van der Waals surface area contributed by atoms with Gasteiger partial charge in [-0.25, -0.2) is 0 Å². The van der Waals surface area contributed by atoms with Crippen molar-refractivity contribution in [2.24, 2.45) is 5.41 Å². The first-order chi connectivity index (χ1) is 9.89. The largest absolute Gasteiger partial charge is 0.300 e. The molecule has 0 atom stereocenters. The lowest BCUT2D eigenvalue weighted by Crippen LogP contribution is -2.28. The van der Waals surface area contributed by atoms with Crippen molar-refractivity contribution in [1.82, 2.24) is 0 Å². The summed E-state index contributed by atoms with van der Waals surface area (Å²) in [7, 11) is -1.36. The van der Waals surface area contributed by atoms with E-state index >= 15 is 0 Å². The van der Waals surface area contributed by atoms with E-state index in [1.165, 1.54) is 5.56 Å². The first-order valence-electron chi connectivity index (χ1n) is 7.99. The molecule has 21 heavy (non-hydrogen) atoms. The second-order valence-corrected chi connectivity index (χ2v) is 12.1. The number of hydrogen-bond acceptors (Lipinski definition) is 1. The lowest BCUT2D eigenvalue weighted by molar-refractivity contribution is -0.121. The number of aryl methyl sites for hydroxylation is 1. The summed E-state index contributed by atoms with van der Waals surface area (Å²) in [6, 6.07) is 10.6. The standard InChI is InChI=1S/C19H26OSi/c1-21(2,3)16-15-19(13-10-18(20)11-14-19)12-9-17-7-5-4-6-8-17/h4-8H,9-14H2,1-3H3.